The highest BCUT2D eigenvalue weighted by Crippen LogP contribution is 2.23. The van der Waals surface area contributed by atoms with E-state index < -0.39 is 17.9 Å². The third-order valence-electron chi connectivity index (χ3n) is 4.13. The molecule has 1 atom stereocenters. The van der Waals surface area contributed by atoms with Crippen molar-refractivity contribution in [3.63, 3.8) is 0 Å². The van der Waals surface area contributed by atoms with Crippen molar-refractivity contribution in [1.29, 1.82) is 0 Å². The fourth-order valence-electron chi connectivity index (χ4n) is 2.86. The summed E-state index contributed by atoms with van der Waals surface area (Å²) in [5.74, 6) is -1.76. The lowest BCUT2D eigenvalue weighted by molar-refractivity contribution is 0.0314. The van der Waals surface area contributed by atoms with Crippen LogP contribution in [0.5, 0.6) is 0 Å². The first kappa shape index (κ1) is 15.4. The Hall–Kier alpha value is -2.49. The molecular weight excluding hydrogens is 295 g/mol. The van der Waals surface area contributed by atoms with Crippen molar-refractivity contribution in [1.82, 2.24) is 0 Å². The lowest BCUT2D eigenvalue weighted by Gasteiger charge is -2.13. The van der Waals surface area contributed by atoms with E-state index in [4.69, 9.17) is 4.74 Å². The summed E-state index contributed by atoms with van der Waals surface area (Å²) in [6, 6.07) is 11.2. The van der Waals surface area contributed by atoms with Crippen molar-refractivity contribution in [3.05, 3.63) is 70.5 Å². The first-order valence-corrected chi connectivity index (χ1v) is 7.68. The zero-order chi connectivity index (χ0) is 16.4. The molecule has 2 aromatic rings. The van der Waals surface area contributed by atoms with Gasteiger partial charge in [0.05, 0.1) is 5.56 Å². The predicted octanol–water partition coefficient (Wildman–Crippen LogP) is 3.74. The van der Waals surface area contributed by atoms with E-state index in [-0.39, 0.29) is 11.3 Å². The van der Waals surface area contributed by atoms with Crippen molar-refractivity contribution in [2.24, 2.45) is 0 Å². The van der Waals surface area contributed by atoms with E-state index in [0.29, 0.717) is 5.56 Å². The number of carbonyl (C=O) groups is 2. The molecule has 0 amide bonds. The first-order chi connectivity index (χ1) is 11.1. The second kappa shape index (κ2) is 6.32. The van der Waals surface area contributed by atoms with Gasteiger partial charge in [0.2, 0.25) is 5.78 Å². The number of esters is 1. The SMILES string of the molecule is C[C@@H](OC(=O)c1ccccc1F)C(=O)c1ccc2c(c1)CCC2. The summed E-state index contributed by atoms with van der Waals surface area (Å²) < 4.78 is 18.7. The number of fused-ring (bicyclic) bond motifs is 1. The number of rotatable bonds is 4. The van der Waals surface area contributed by atoms with Crippen LogP contribution in [0.15, 0.2) is 42.5 Å². The summed E-state index contributed by atoms with van der Waals surface area (Å²) in [5.41, 5.74) is 2.82. The summed E-state index contributed by atoms with van der Waals surface area (Å²) in [6.07, 6.45) is 2.16. The molecule has 0 spiro atoms. The molecule has 1 aliphatic carbocycles. The van der Waals surface area contributed by atoms with Crippen LogP contribution < -0.4 is 0 Å². The molecule has 3 nitrogen and oxygen atoms in total. The maximum atomic E-state index is 13.6. The minimum atomic E-state index is -0.957. The number of halogens is 1. The quantitative estimate of drug-likeness (QED) is 0.638. The van der Waals surface area contributed by atoms with Gasteiger partial charge in [-0.15, -0.1) is 0 Å². The Morgan fingerprint density at radius 2 is 1.83 bits per heavy atom. The van der Waals surface area contributed by atoms with Gasteiger partial charge in [0.25, 0.3) is 0 Å². The van der Waals surface area contributed by atoms with Gasteiger partial charge in [0.1, 0.15) is 5.82 Å². The lowest BCUT2D eigenvalue weighted by Crippen LogP contribution is -2.25. The Balaban J connectivity index is 1.73. The van der Waals surface area contributed by atoms with Gasteiger partial charge in [-0.2, -0.15) is 0 Å². The molecule has 0 radical (unpaired) electrons. The largest absolute Gasteiger partial charge is 0.451 e. The lowest BCUT2D eigenvalue weighted by atomic mass is 10.0. The van der Waals surface area contributed by atoms with Crippen LogP contribution in [0.1, 0.15) is 45.2 Å². The van der Waals surface area contributed by atoms with E-state index in [9.17, 15) is 14.0 Å². The van der Waals surface area contributed by atoms with Gasteiger partial charge in [-0.3, -0.25) is 4.79 Å². The standard InChI is InChI=1S/C19H17FO3/c1-12(23-19(22)16-7-2-3-8-17(16)20)18(21)15-10-9-13-5-4-6-14(13)11-15/h2-3,7-12H,4-6H2,1H3/t12-/m1/s1. The average molecular weight is 312 g/mol. The Morgan fingerprint density at radius 1 is 1.09 bits per heavy atom. The highest BCUT2D eigenvalue weighted by atomic mass is 19.1. The summed E-state index contributed by atoms with van der Waals surface area (Å²) in [5, 5.41) is 0. The van der Waals surface area contributed by atoms with Crippen molar-refractivity contribution >= 4 is 11.8 Å². The molecule has 0 bridgehead atoms. The molecule has 23 heavy (non-hydrogen) atoms. The van der Waals surface area contributed by atoms with Gasteiger partial charge < -0.3 is 4.74 Å². The number of benzene rings is 2. The molecule has 0 aromatic heterocycles. The fraction of sp³-hybridized carbons (Fsp3) is 0.263. The van der Waals surface area contributed by atoms with Crippen LogP contribution in [0.2, 0.25) is 0 Å². The van der Waals surface area contributed by atoms with E-state index in [2.05, 4.69) is 0 Å². The zero-order valence-corrected chi connectivity index (χ0v) is 12.8. The number of carbonyl (C=O) groups excluding carboxylic acids is 2. The molecule has 0 aliphatic heterocycles. The van der Waals surface area contributed by atoms with Gasteiger partial charge >= 0.3 is 5.97 Å². The monoisotopic (exact) mass is 312 g/mol. The van der Waals surface area contributed by atoms with Gasteiger partial charge in [-0.1, -0.05) is 24.3 Å². The molecule has 0 heterocycles. The third-order valence-corrected chi connectivity index (χ3v) is 4.13. The number of ketones is 1. The van der Waals surface area contributed by atoms with Crippen LogP contribution in [0.25, 0.3) is 0 Å². The van der Waals surface area contributed by atoms with Crippen molar-refractivity contribution < 1.29 is 18.7 Å². The highest BCUT2D eigenvalue weighted by molar-refractivity contribution is 6.01. The minimum Gasteiger partial charge on any atom is -0.451 e. The summed E-state index contributed by atoms with van der Waals surface area (Å²) in [4.78, 5) is 24.4. The number of aryl methyl sites for hydroxylation is 2. The van der Waals surface area contributed by atoms with Crippen LogP contribution >= 0.6 is 0 Å². The smallest absolute Gasteiger partial charge is 0.341 e. The van der Waals surface area contributed by atoms with Crippen molar-refractivity contribution in [2.45, 2.75) is 32.3 Å². The molecular formula is C19H17FO3. The average Bonchev–Trinajstić information content (AvgIpc) is 3.01. The Morgan fingerprint density at radius 3 is 2.61 bits per heavy atom. The summed E-state index contributed by atoms with van der Waals surface area (Å²) in [7, 11) is 0. The van der Waals surface area contributed by atoms with E-state index in [1.165, 1.54) is 36.2 Å². The van der Waals surface area contributed by atoms with E-state index >= 15 is 0 Å². The van der Waals surface area contributed by atoms with Crippen LogP contribution in [0.4, 0.5) is 4.39 Å². The van der Waals surface area contributed by atoms with Gasteiger partial charge in [0.15, 0.2) is 6.10 Å². The molecule has 0 saturated heterocycles. The summed E-state index contributed by atoms with van der Waals surface area (Å²) in [6.45, 7) is 1.51. The van der Waals surface area contributed by atoms with Gasteiger partial charge in [-0.05, 0) is 55.5 Å². The molecule has 3 rings (SSSR count). The van der Waals surface area contributed by atoms with E-state index in [1.54, 1.807) is 12.1 Å². The predicted molar refractivity (Wildman–Crippen MR) is 84.1 cm³/mol. The van der Waals surface area contributed by atoms with Gasteiger partial charge in [-0.25, -0.2) is 9.18 Å². The first-order valence-electron chi connectivity index (χ1n) is 7.68. The fourth-order valence-corrected chi connectivity index (χ4v) is 2.86. The molecule has 0 N–H and O–H groups in total. The molecule has 0 fully saturated rings. The molecule has 118 valence electrons. The maximum absolute atomic E-state index is 13.6. The normalized spacial score (nSPS) is 14.2. The zero-order valence-electron chi connectivity index (χ0n) is 12.8. The van der Waals surface area contributed by atoms with Gasteiger partial charge in [0, 0.05) is 5.56 Å². The van der Waals surface area contributed by atoms with E-state index in [0.717, 1.165) is 19.3 Å². The third kappa shape index (κ3) is 3.16. The molecule has 1 aliphatic rings. The van der Waals surface area contributed by atoms with Crippen LogP contribution in [-0.4, -0.2) is 17.9 Å². The highest BCUT2D eigenvalue weighted by Gasteiger charge is 2.23. The Labute approximate surface area is 134 Å². The van der Waals surface area contributed by atoms with Crippen molar-refractivity contribution in [3.8, 4) is 0 Å². The molecule has 4 heteroatoms. The molecule has 0 unspecified atom stereocenters. The molecule has 0 saturated carbocycles. The summed E-state index contributed by atoms with van der Waals surface area (Å²) >= 11 is 0. The van der Waals surface area contributed by atoms with Crippen LogP contribution in [0.3, 0.4) is 0 Å². The topological polar surface area (TPSA) is 43.4 Å². The number of hydrogen-bond donors (Lipinski definition) is 0. The Bertz CT molecular complexity index is 767. The molecule has 2 aromatic carbocycles. The maximum Gasteiger partial charge on any atom is 0.341 e. The number of Topliss-reactive ketones (excluding diaryl/α,β-unsaturated/α-hetero) is 1. The Kier molecular flexibility index (Phi) is 4.24. The number of ether oxygens (including phenoxy) is 1. The second-order valence-electron chi connectivity index (χ2n) is 5.73. The number of hydrogen-bond acceptors (Lipinski definition) is 3. The second-order valence-corrected chi connectivity index (χ2v) is 5.73. The van der Waals surface area contributed by atoms with Crippen molar-refractivity contribution in [2.75, 3.05) is 0 Å². The minimum absolute atomic E-state index is 0.166. The van der Waals surface area contributed by atoms with Crippen LogP contribution in [-0.2, 0) is 17.6 Å². The van der Waals surface area contributed by atoms with E-state index in [1.807, 2.05) is 12.1 Å². The van der Waals surface area contributed by atoms with Crippen LogP contribution in [0, 0.1) is 5.82 Å².